The molecule has 1 atom stereocenters. The van der Waals surface area contributed by atoms with E-state index in [4.69, 9.17) is 13.9 Å². The van der Waals surface area contributed by atoms with E-state index in [9.17, 15) is 4.79 Å². The Balaban J connectivity index is 2.08. The van der Waals surface area contributed by atoms with Crippen LogP contribution < -0.4 is 10.4 Å². The number of methoxy groups -OCH3 is 1. The van der Waals surface area contributed by atoms with E-state index in [-0.39, 0.29) is 11.7 Å². The van der Waals surface area contributed by atoms with Gasteiger partial charge in [0.15, 0.2) is 0 Å². The molecule has 5 heteroatoms. The lowest BCUT2D eigenvalue weighted by Gasteiger charge is -2.34. The molecule has 0 bridgehead atoms. The molecule has 0 fully saturated rings. The van der Waals surface area contributed by atoms with Crippen molar-refractivity contribution >= 4 is 11.0 Å². The monoisotopic (exact) mass is 275 g/mol. The van der Waals surface area contributed by atoms with Crippen molar-refractivity contribution in [3.05, 3.63) is 40.2 Å². The first-order valence-corrected chi connectivity index (χ1v) is 6.64. The molecule has 20 heavy (non-hydrogen) atoms. The maximum atomic E-state index is 12.2. The summed E-state index contributed by atoms with van der Waals surface area (Å²) in [6, 6.07) is 7.40. The number of fused-ring (bicyclic) bond motifs is 3. The number of rotatable bonds is 3. The van der Waals surface area contributed by atoms with Gasteiger partial charge in [0.1, 0.15) is 18.1 Å². The van der Waals surface area contributed by atoms with Crippen LogP contribution in [0.1, 0.15) is 18.5 Å². The first-order chi connectivity index (χ1) is 9.72. The second kappa shape index (κ2) is 5.26. The lowest BCUT2D eigenvalue weighted by molar-refractivity contribution is 0.0399. The highest BCUT2D eigenvalue weighted by molar-refractivity contribution is 5.84. The first-order valence-electron chi connectivity index (χ1n) is 6.64. The molecule has 0 radical (unpaired) electrons. The maximum Gasteiger partial charge on any atom is 0.344 e. The summed E-state index contributed by atoms with van der Waals surface area (Å²) in [4.78, 5) is 14.3. The van der Waals surface area contributed by atoms with Gasteiger partial charge in [0.05, 0.1) is 17.6 Å². The van der Waals surface area contributed by atoms with Crippen molar-refractivity contribution < 1.29 is 13.9 Å². The molecule has 0 spiro atoms. The largest absolute Gasteiger partial charge is 0.477 e. The van der Waals surface area contributed by atoms with Crippen LogP contribution in [0, 0.1) is 0 Å². The molecule has 5 nitrogen and oxygen atoms in total. The minimum Gasteiger partial charge on any atom is -0.477 e. The van der Waals surface area contributed by atoms with Gasteiger partial charge in [0.2, 0.25) is 0 Å². The quantitative estimate of drug-likeness (QED) is 0.803. The van der Waals surface area contributed by atoms with Crippen LogP contribution in [0.2, 0.25) is 0 Å². The summed E-state index contributed by atoms with van der Waals surface area (Å²) in [5, 5.41) is 0.848. The molecule has 0 aliphatic carbocycles. The van der Waals surface area contributed by atoms with Gasteiger partial charge >= 0.3 is 5.63 Å². The smallest absolute Gasteiger partial charge is 0.344 e. The van der Waals surface area contributed by atoms with Crippen LogP contribution in [0.5, 0.6) is 5.75 Å². The van der Waals surface area contributed by atoms with Crippen LogP contribution >= 0.6 is 0 Å². The zero-order valence-electron chi connectivity index (χ0n) is 11.6. The van der Waals surface area contributed by atoms with Crippen LogP contribution in [-0.2, 0) is 4.74 Å². The molecule has 0 N–H and O–H groups in total. The minimum atomic E-state index is -0.326. The standard InChI is InChI=1S/C15H17NO4/c1-10-13-14(19-9-16(10)7-8-18-2)11-5-3-4-6-12(11)20-15(13)17/h3-6,10H,7-9H2,1-2H3. The Labute approximate surface area is 116 Å². The van der Waals surface area contributed by atoms with Crippen molar-refractivity contribution in [2.24, 2.45) is 0 Å². The summed E-state index contributed by atoms with van der Waals surface area (Å²) in [7, 11) is 1.66. The number of para-hydroxylation sites is 1. The van der Waals surface area contributed by atoms with E-state index in [2.05, 4.69) is 4.90 Å². The highest BCUT2D eigenvalue weighted by atomic mass is 16.5. The number of hydrogen-bond donors (Lipinski definition) is 0. The third kappa shape index (κ3) is 2.09. The molecule has 1 aromatic carbocycles. The lowest BCUT2D eigenvalue weighted by atomic mass is 10.0. The molecule has 2 aromatic rings. The van der Waals surface area contributed by atoms with E-state index in [1.54, 1.807) is 13.2 Å². The minimum absolute atomic E-state index is 0.0465. The molecule has 1 unspecified atom stereocenters. The Morgan fingerprint density at radius 3 is 3.00 bits per heavy atom. The number of ether oxygens (including phenoxy) is 2. The Hall–Kier alpha value is -1.85. The van der Waals surface area contributed by atoms with Crippen LogP contribution in [0.3, 0.4) is 0 Å². The van der Waals surface area contributed by atoms with Gasteiger partial charge in [0.25, 0.3) is 0 Å². The zero-order valence-corrected chi connectivity index (χ0v) is 11.6. The topological polar surface area (TPSA) is 51.9 Å². The summed E-state index contributed by atoms with van der Waals surface area (Å²) in [6.07, 6.45) is 0. The Bertz CT molecular complexity index is 679. The van der Waals surface area contributed by atoms with Crippen molar-refractivity contribution in [3.8, 4) is 5.75 Å². The van der Waals surface area contributed by atoms with Crippen molar-refractivity contribution in [1.82, 2.24) is 4.90 Å². The first kappa shape index (κ1) is 13.1. The number of nitrogens with zero attached hydrogens (tertiary/aromatic N) is 1. The summed E-state index contributed by atoms with van der Waals surface area (Å²) in [5.74, 6) is 0.651. The summed E-state index contributed by atoms with van der Waals surface area (Å²) in [6.45, 7) is 3.75. The van der Waals surface area contributed by atoms with Crippen molar-refractivity contribution in [1.29, 1.82) is 0 Å². The van der Waals surface area contributed by atoms with Crippen LogP contribution in [-0.4, -0.2) is 31.9 Å². The van der Waals surface area contributed by atoms with Gasteiger partial charge in [-0.05, 0) is 19.1 Å². The zero-order chi connectivity index (χ0) is 14.1. The van der Waals surface area contributed by atoms with Crippen LogP contribution in [0.25, 0.3) is 11.0 Å². The molecule has 2 heterocycles. The molecule has 0 saturated heterocycles. The summed E-state index contributed by atoms with van der Waals surface area (Å²) in [5.41, 5.74) is 0.827. The fourth-order valence-corrected chi connectivity index (χ4v) is 2.56. The normalized spacial score (nSPS) is 18.8. The molecule has 3 rings (SSSR count). The highest BCUT2D eigenvalue weighted by Crippen LogP contribution is 2.36. The maximum absolute atomic E-state index is 12.2. The average molecular weight is 275 g/mol. The van der Waals surface area contributed by atoms with Crippen molar-refractivity contribution in [2.75, 3.05) is 27.0 Å². The molecule has 0 saturated carbocycles. The second-order valence-corrected chi connectivity index (χ2v) is 4.88. The Morgan fingerprint density at radius 1 is 1.40 bits per heavy atom. The van der Waals surface area contributed by atoms with Gasteiger partial charge in [-0.15, -0.1) is 0 Å². The van der Waals surface area contributed by atoms with Crippen molar-refractivity contribution in [2.45, 2.75) is 13.0 Å². The molecule has 1 aliphatic rings. The lowest BCUT2D eigenvalue weighted by Crippen LogP contribution is -2.39. The van der Waals surface area contributed by atoms with Gasteiger partial charge < -0.3 is 13.9 Å². The van der Waals surface area contributed by atoms with Gasteiger partial charge in [-0.1, -0.05) is 12.1 Å². The van der Waals surface area contributed by atoms with Crippen LogP contribution in [0.15, 0.2) is 33.5 Å². The number of benzene rings is 1. The predicted octanol–water partition coefficient (Wildman–Crippen LogP) is 2.15. The fraction of sp³-hybridized carbons (Fsp3) is 0.400. The molecular weight excluding hydrogens is 258 g/mol. The molecule has 1 aliphatic heterocycles. The van der Waals surface area contributed by atoms with E-state index in [1.165, 1.54) is 0 Å². The Kier molecular flexibility index (Phi) is 3.46. The third-order valence-electron chi connectivity index (χ3n) is 3.72. The molecule has 0 amide bonds. The highest BCUT2D eigenvalue weighted by Gasteiger charge is 2.30. The van der Waals surface area contributed by atoms with Gasteiger partial charge in [-0.25, -0.2) is 4.79 Å². The average Bonchev–Trinajstić information content (AvgIpc) is 2.46. The second-order valence-electron chi connectivity index (χ2n) is 4.88. The summed E-state index contributed by atoms with van der Waals surface area (Å²) < 4.78 is 16.3. The van der Waals surface area contributed by atoms with E-state index in [0.717, 1.165) is 5.39 Å². The summed E-state index contributed by atoms with van der Waals surface area (Å²) >= 11 is 0. The van der Waals surface area contributed by atoms with Gasteiger partial charge in [0, 0.05) is 19.7 Å². The van der Waals surface area contributed by atoms with E-state index >= 15 is 0 Å². The van der Waals surface area contributed by atoms with E-state index in [1.807, 2.05) is 25.1 Å². The van der Waals surface area contributed by atoms with Crippen molar-refractivity contribution in [3.63, 3.8) is 0 Å². The molecular formula is C15H17NO4. The predicted molar refractivity (Wildman–Crippen MR) is 75.0 cm³/mol. The number of hydrogen-bond acceptors (Lipinski definition) is 5. The molecule has 106 valence electrons. The molecule has 1 aromatic heterocycles. The van der Waals surface area contributed by atoms with Gasteiger partial charge in [-0.2, -0.15) is 0 Å². The van der Waals surface area contributed by atoms with Crippen LogP contribution in [0.4, 0.5) is 0 Å². The van der Waals surface area contributed by atoms with E-state index < -0.39 is 0 Å². The Morgan fingerprint density at radius 2 is 2.20 bits per heavy atom. The SMILES string of the molecule is COCCN1COc2c(c(=O)oc3ccccc23)C1C. The fourth-order valence-electron chi connectivity index (χ4n) is 2.56. The van der Waals surface area contributed by atoms with Gasteiger partial charge in [-0.3, -0.25) is 4.90 Å². The third-order valence-corrected chi connectivity index (χ3v) is 3.72. The van der Waals surface area contributed by atoms with E-state index in [0.29, 0.717) is 36.8 Å².